The molecule has 0 aromatic carbocycles. The normalized spacial score (nSPS) is 31.8. The summed E-state index contributed by atoms with van der Waals surface area (Å²) in [5.41, 5.74) is 0. The molecular weight excluding hydrogens is 154 g/mol. The molecule has 1 N–H and O–H groups in total. The Morgan fingerprint density at radius 2 is 2.25 bits per heavy atom. The number of rotatable bonds is 2. The topological polar surface area (TPSA) is 40.5 Å². The molecule has 3 nitrogen and oxygen atoms in total. The Kier molecular flexibility index (Phi) is 3.09. The third-order valence-electron chi connectivity index (χ3n) is 2.80. The van der Waals surface area contributed by atoms with E-state index in [9.17, 15) is 4.79 Å². The van der Waals surface area contributed by atoms with Crippen molar-refractivity contribution in [2.75, 3.05) is 13.6 Å². The maximum absolute atomic E-state index is 10.7. The number of piperidine rings is 1. The van der Waals surface area contributed by atoms with Gasteiger partial charge in [0.25, 0.3) is 0 Å². The van der Waals surface area contributed by atoms with Crippen LogP contribution in [0.3, 0.4) is 0 Å². The molecule has 1 rings (SSSR count). The Morgan fingerprint density at radius 3 is 2.67 bits per heavy atom. The predicted molar refractivity (Wildman–Crippen MR) is 47.1 cm³/mol. The molecule has 1 fully saturated rings. The number of nitrogens with zero attached hydrogens (tertiary/aromatic N) is 1. The van der Waals surface area contributed by atoms with Gasteiger partial charge in [-0.15, -0.1) is 0 Å². The van der Waals surface area contributed by atoms with Gasteiger partial charge >= 0.3 is 5.97 Å². The summed E-state index contributed by atoms with van der Waals surface area (Å²) in [6, 6.07) is 0.598. The van der Waals surface area contributed by atoms with E-state index in [4.69, 9.17) is 5.11 Å². The third kappa shape index (κ3) is 1.97. The first-order valence-electron chi connectivity index (χ1n) is 4.58. The number of aliphatic carboxylic acids is 1. The first kappa shape index (κ1) is 9.52. The lowest BCUT2D eigenvalue weighted by atomic mass is 9.92. The second-order valence-electron chi connectivity index (χ2n) is 3.61. The molecule has 0 radical (unpaired) electrons. The summed E-state index contributed by atoms with van der Waals surface area (Å²) in [5.74, 6) is -0.783. The molecule has 1 saturated heterocycles. The Morgan fingerprint density at radius 1 is 1.58 bits per heavy atom. The highest BCUT2D eigenvalue weighted by Gasteiger charge is 2.28. The van der Waals surface area contributed by atoms with E-state index in [0.29, 0.717) is 12.6 Å². The second-order valence-corrected chi connectivity index (χ2v) is 3.61. The van der Waals surface area contributed by atoms with Gasteiger partial charge < -0.3 is 10.0 Å². The van der Waals surface area contributed by atoms with Crippen LogP contribution in [0.4, 0.5) is 0 Å². The minimum atomic E-state index is -0.642. The zero-order valence-corrected chi connectivity index (χ0v) is 7.79. The Hall–Kier alpha value is -0.570. The zero-order valence-electron chi connectivity index (χ0n) is 7.79. The number of carbonyl (C=O) groups is 1. The fraction of sp³-hybridized carbons (Fsp3) is 0.889. The maximum Gasteiger partial charge on any atom is 0.307 e. The second kappa shape index (κ2) is 3.90. The van der Waals surface area contributed by atoms with Crippen LogP contribution in [0.5, 0.6) is 0 Å². The van der Waals surface area contributed by atoms with E-state index in [1.165, 1.54) is 0 Å². The van der Waals surface area contributed by atoms with Crippen molar-refractivity contribution < 1.29 is 9.90 Å². The molecule has 0 saturated carbocycles. The molecule has 2 atom stereocenters. The summed E-state index contributed by atoms with van der Waals surface area (Å²) < 4.78 is 0. The predicted octanol–water partition coefficient (Wildman–Crippen LogP) is 1.19. The monoisotopic (exact) mass is 171 g/mol. The van der Waals surface area contributed by atoms with Crippen molar-refractivity contribution >= 4 is 5.97 Å². The van der Waals surface area contributed by atoms with Gasteiger partial charge in [-0.1, -0.05) is 6.92 Å². The van der Waals surface area contributed by atoms with Gasteiger partial charge in [0, 0.05) is 12.6 Å². The smallest absolute Gasteiger partial charge is 0.307 e. The molecule has 12 heavy (non-hydrogen) atoms. The van der Waals surface area contributed by atoms with E-state index in [0.717, 1.165) is 19.3 Å². The first-order chi connectivity index (χ1) is 5.65. The molecule has 0 amide bonds. The minimum absolute atomic E-state index is 0.141. The van der Waals surface area contributed by atoms with Crippen molar-refractivity contribution in [3.05, 3.63) is 0 Å². The molecule has 0 spiro atoms. The molecule has 1 aliphatic heterocycles. The van der Waals surface area contributed by atoms with Gasteiger partial charge in [0.1, 0.15) is 0 Å². The van der Waals surface area contributed by atoms with E-state index in [-0.39, 0.29) is 5.92 Å². The summed E-state index contributed by atoms with van der Waals surface area (Å²) in [6.07, 6.45) is 3.00. The summed E-state index contributed by atoms with van der Waals surface area (Å²) in [6.45, 7) is 2.87. The van der Waals surface area contributed by atoms with Crippen molar-refractivity contribution in [2.24, 2.45) is 5.92 Å². The Balaban J connectivity index is 2.46. The molecule has 2 unspecified atom stereocenters. The highest BCUT2D eigenvalue weighted by atomic mass is 16.4. The van der Waals surface area contributed by atoms with Crippen molar-refractivity contribution in [1.29, 1.82) is 0 Å². The first-order valence-corrected chi connectivity index (χ1v) is 4.58. The highest BCUT2D eigenvalue weighted by molar-refractivity contribution is 5.70. The van der Waals surface area contributed by atoms with Crippen molar-refractivity contribution in [1.82, 2.24) is 4.90 Å². The van der Waals surface area contributed by atoms with Crippen molar-refractivity contribution in [3.63, 3.8) is 0 Å². The maximum atomic E-state index is 10.7. The molecule has 0 bridgehead atoms. The molecule has 1 heterocycles. The third-order valence-corrected chi connectivity index (χ3v) is 2.80. The van der Waals surface area contributed by atoms with E-state index >= 15 is 0 Å². The summed E-state index contributed by atoms with van der Waals surface area (Å²) in [5, 5.41) is 8.79. The molecule has 0 aliphatic carbocycles. The van der Waals surface area contributed by atoms with Crippen LogP contribution in [0.1, 0.15) is 26.2 Å². The molecule has 1 aliphatic rings. The summed E-state index contributed by atoms with van der Waals surface area (Å²) in [4.78, 5) is 12.8. The minimum Gasteiger partial charge on any atom is -0.481 e. The van der Waals surface area contributed by atoms with Crippen LogP contribution in [-0.2, 0) is 4.79 Å². The summed E-state index contributed by atoms with van der Waals surface area (Å²) in [7, 11) is 2.02. The summed E-state index contributed by atoms with van der Waals surface area (Å²) >= 11 is 0. The SMILES string of the molecule is CCC1CCC(C(=O)O)CN1C. The lowest BCUT2D eigenvalue weighted by molar-refractivity contribution is -0.144. The largest absolute Gasteiger partial charge is 0.481 e. The van der Waals surface area contributed by atoms with Crippen LogP contribution in [0.25, 0.3) is 0 Å². The van der Waals surface area contributed by atoms with Gasteiger partial charge in [0.05, 0.1) is 5.92 Å². The molecule has 70 valence electrons. The fourth-order valence-electron chi connectivity index (χ4n) is 1.92. The number of carboxylic acids is 1. The molecular formula is C9H17NO2. The lowest BCUT2D eigenvalue weighted by Gasteiger charge is -2.34. The zero-order chi connectivity index (χ0) is 9.14. The van der Waals surface area contributed by atoms with Gasteiger partial charge in [0.2, 0.25) is 0 Å². The van der Waals surface area contributed by atoms with Crippen LogP contribution >= 0.6 is 0 Å². The van der Waals surface area contributed by atoms with Crippen LogP contribution in [0.15, 0.2) is 0 Å². The number of likely N-dealkylation sites (tertiary alicyclic amines) is 1. The highest BCUT2D eigenvalue weighted by Crippen LogP contribution is 2.22. The van der Waals surface area contributed by atoms with Crippen LogP contribution in [0, 0.1) is 5.92 Å². The molecule has 3 heteroatoms. The average Bonchev–Trinajstić information content (AvgIpc) is 2.04. The number of hydrogen-bond donors (Lipinski definition) is 1. The van der Waals surface area contributed by atoms with Gasteiger partial charge in [-0.25, -0.2) is 0 Å². The van der Waals surface area contributed by atoms with Crippen molar-refractivity contribution in [2.45, 2.75) is 32.2 Å². The van der Waals surface area contributed by atoms with Crippen molar-refractivity contribution in [3.8, 4) is 0 Å². The van der Waals surface area contributed by atoms with Gasteiger partial charge in [-0.3, -0.25) is 4.79 Å². The standard InChI is InChI=1S/C9H17NO2/c1-3-8-5-4-7(9(11)12)6-10(8)2/h7-8H,3-6H2,1-2H3,(H,11,12). The molecule has 0 aromatic heterocycles. The van der Waals surface area contributed by atoms with E-state index < -0.39 is 5.97 Å². The van der Waals surface area contributed by atoms with E-state index in [2.05, 4.69) is 11.8 Å². The van der Waals surface area contributed by atoms with Crippen LogP contribution in [-0.4, -0.2) is 35.6 Å². The number of carboxylic acid groups (broad SMARTS) is 1. The molecule has 0 aromatic rings. The van der Waals surface area contributed by atoms with E-state index in [1.54, 1.807) is 0 Å². The number of hydrogen-bond acceptors (Lipinski definition) is 2. The van der Waals surface area contributed by atoms with Crippen LogP contribution < -0.4 is 0 Å². The average molecular weight is 171 g/mol. The fourth-order valence-corrected chi connectivity index (χ4v) is 1.92. The van der Waals surface area contributed by atoms with Gasteiger partial charge in [-0.2, -0.15) is 0 Å². The van der Waals surface area contributed by atoms with Gasteiger partial charge in [0.15, 0.2) is 0 Å². The Labute approximate surface area is 73.4 Å². The Bertz CT molecular complexity index is 170. The van der Waals surface area contributed by atoms with Gasteiger partial charge in [-0.05, 0) is 26.3 Å². The van der Waals surface area contributed by atoms with Crippen LogP contribution in [0.2, 0.25) is 0 Å². The quantitative estimate of drug-likeness (QED) is 0.678. The lowest BCUT2D eigenvalue weighted by Crippen LogP contribution is -2.42. The van der Waals surface area contributed by atoms with E-state index in [1.807, 2.05) is 7.05 Å².